The van der Waals surface area contributed by atoms with Gasteiger partial charge in [-0.1, -0.05) is 30.5 Å². The smallest absolute Gasteiger partial charge is 0.227 e. The molecule has 0 amide bonds. The number of aliphatic hydroxyl groups is 1. The molecule has 1 aromatic carbocycles. The van der Waals surface area contributed by atoms with Gasteiger partial charge in [-0.25, -0.2) is 4.98 Å². The van der Waals surface area contributed by atoms with Crippen LogP contribution in [0.25, 0.3) is 11.2 Å². The number of halogens is 1. The fourth-order valence-electron chi connectivity index (χ4n) is 3.48. The molecule has 3 aromatic rings. The first-order valence-corrected chi connectivity index (χ1v) is 9.72. The highest BCUT2D eigenvalue weighted by Crippen LogP contribution is 2.27. The van der Waals surface area contributed by atoms with Crippen molar-refractivity contribution in [2.75, 3.05) is 10.6 Å². The highest BCUT2D eigenvalue weighted by molar-refractivity contribution is 6.30. The van der Waals surface area contributed by atoms with Crippen molar-refractivity contribution < 1.29 is 5.11 Å². The third-order valence-corrected chi connectivity index (χ3v) is 5.17. The topological polar surface area (TPSA) is 87.9 Å². The van der Waals surface area contributed by atoms with Crippen molar-refractivity contribution in [1.82, 2.24) is 19.5 Å². The normalized spacial score (nSPS) is 20.0. The number of rotatable bonds is 5. The van der Waals surface area contributed by atoms with Gasteiger partial charge in [0.25, 0.3) is 0 Å². The molecule has 7 nitrogen and oxygen atoms in total. The van der Waals surface area contributed by atoms with Crippen LogP contribution in [-0.2, 0) is 6.54 Å². The molecule has 27 heavy (non-hydrogen) atoms. The van der Waals surface area contributed by atoms with Crippen LogP contribution in [0, 0.1) is 0 Å². The van der Waals surface area contributed by atoms with Gasteiger partial charge in [0.15, 0.2) is 17.0 Å². The number of aryl methyl sites for hydroxylation is 1. The SMILES string of the molecule is CCn1cnc2c(Nc3cccc(Cl)c3)nc(N[C@@H]3CCCC[C@@H]3O)nc21. The van der Waals surface area contributed by atoms with E-state index in [0.717, 1.165) is 43.6 Å². The molecule has 4 rings (SSSR count). The lowest BCUT2D eigenvalue weighted by molar-refractivity contribution is 0.116. The van der Waals surface area contributed by atoms with Crippen molar-refractivity contribution in [3.8, 4) is 0 Å². The fourth-order valence-corrected chi connectivity index (χ4v) is 3.67. The van der Waals surface area contributed by atoms with E-state index in [1.54, 1.807) is 6.33 Å². The first-order valence-electron chi connectivity index (χ1n) is 9.34. The summed E-state index contributed by atoms with van der Waals surface area (Å²) in [5, 5.41) is 17.5. The molecule has 2 aromatic heterocycles. The Morgan fingerprint density at radius 3 is 2.89 bits per heavy atom. The first kappa shape index (κ1) is 18.0. The number of hydrogen-bond acceptors (Lipinski definition) is 6. The zero-order chi connectivity index (χ0) is 18.8. The van der Waals surface area contributed by atoms with E-state index in [-0.39, 0.29) is 12.1 Å². The molecule has 2 heterocycles. The lowest BCUT2D eigenvalue weighted by Crippen LogP contribution is -2.36. The standard InChI is InChI=1S/C19H23ClN6O/c1-2-26-11-21-16-17(22-13-7-5-6-12(20)10-13)24-19(25-18(16)26)23-14-8-3-4-9-15(14)27/h5-7,10-11,14-15,27H,2-4,8-9H2,1H3,(H2,22,23,24,25)/t14-,15+/m1/s1. The predicted octanol–water partition coefficient (Wildman–Crippen LogP) is 3.96. The second-order valence-corrected chi connectivity index (χ2v) is 7.27. The summed E-state index contributed by atoms with van der Waals surface area (Å²) in [5.41, 5.74) is 2.29. The number of benzene rings is 1. The summed E-state index contributed by atoms with van der Waals surface area (Å²) < 4.78 is 1.97. The maximum absolute atomic E-state index is 10.3. The minimum Gasteiger partial charge on any atom is -0.391 e. The summed E-state index contributed by atoms with van der Waals surface area (Å²) in [4.78, 5) is 13.8. The number of fused-ring (bicyclic) bond motifs is 1. The molecule has 0 radical (unpaired) electrons. The van der Waals surface area contributed by atoms with Gasteiger partial charge in [0.1, 0.15) is 0 Å². The Bertz CT molecular complexity index is 943. The summed E-state index contributed by atoms with van der Waals surface area (Å²) in [6.45, 7) is 2.81. The molecule has 1 aliphatic carbocycles. The van der Waals surface area contributed by atoms with Gasteiger partial charge >= 0.3 is 0 Å². The number of nitrogens with zero attached hydrogens (tertiary/aromatic N) is 4. The Morgan fingerprint density at radius 1 is 1.26 bits per heavy atom. The maximum Gasteiger partial charge on any atom is 0.227 e. The highest BCUT2D eigenvalue weighted by atomic mass is 35.5. The zero-order valence-electron chi connectivity index (χ0n) is 15.2. The lowest BCUT2D eigenvalue weighted by Gasteiger charge is -2.28. The van der Waals surface area contributed by atoms with E-state index in [1.165, 1.54) is 0 Å². The van der Waals surface area contributed by atoms with Crippen molar-refractivity contribution in [2.24, 2.45) is 0 Å². The molecular weight excluding hydrogens is 364 g/mol. The van der Waals surface area contributed by atoms with Crippen LogP contribution in [0.3, 0.4) is 0 Å². The Balaban J connectivity index is 1.71. The van der Waals surface area contributed by atoms with Crippen LogP contribution in [-0.4, -0.2) is 36.8 Å². The van der Waals surface area contributed by atoms with E-state index in [0.29, 0.717) is 22.3 Å². The van der Waals surface area contributed by atoms with Crippen molar-refractivity contribution >= 4 is 40.2 Å². The van der Waals surface area contributed by atoms with Gasteiger partial charge in [-0.2, -0.15) is 9.97 Å². The molecule has 0 saturated heterocycles. The van der Waals surface area contributed by atoms with E-state index in [1.807, 2.05) is 35.8 Å². The zero-order valence-corrected chi connectivity index (χ0v) is 15.9. The summed E-state index contributed by atoms with van der Waals surface area (Å²) in [6.07, 6.45) is 5.26. The monoisotopic (exact) mass is 386 g/mol. The van der Waals surface area contributed by atoms with Gasteiger partial charge in [0.2, 0.25) is 5.95 Å². The van der Waals surface area contributed by atoms with Crippen LogP contribution in [0.5, 0.6) is 0 Å². The number of hydrogen-bond donors (Lipinski definition) is 3. The van der Waals surface area contributed by atoms with Crippen molar-refractivity contribution in [3.05, 3.63) is 35.6 Å². The van der Waals surface area contributed by atoms with Gasteiger partial charge in [-0.05, 0) is 38.0 Å². The van der Waals surface area contributed by atoms with Gasteiger partial charge < -0.3 is 20.3 Å². The Kier molecular flexibility index (Phi) is 5.13. The van der Waals surface area contributed by atoms with E-state index in [4.69, 9.17) is 11.6 Å². The highest BCUT2D eigenvalue weighted by Gasteiger charge is 2.24. The van der Waals surface area contributed by atoms with E-state index in [2.05, 4.69) is 25.6 Å². The molecule has 0 bridgehead atoms. The molecule has 142 valence electrons. The van der Waals surface area contributed by atoms with Gasteiger partial charge in [0, 0.05) is 17.3 Å². The molecule has 1 fully saturated rings. The molecule has 0 spiro atoms. The molecule has 2 atom stereocenters. The van der Waals surface area contributed by atoms with E-state index < -0.39 is 0 Å². The molecule has 0 aliphatic heterocycles. The fraction of sp³-hybridized carbons (Fsp3) is 0.421. The molecule has 1 aliphatic rings. The van der Waals surface area contributed by atoms with Crippen molar-refractivity contribution in [1.29, 1.82) is 0 Å². The van der Waals surface area contributed by atoms with Crippen LogP contribution in [0.1, 0.15) is 32.6 Å². The predicted molar refractivity (Wildman–Crippen MR) is 108 cm³/mol. The number of nitrogens with one attached hydrogen (secondary N) is 2. The van der Waals surface area contributed by atoms with Crippen LogP contribution in [0.2, 0.25) is 5.02 Å². The minimum atomic E-state index is -0.376. The van der Waals surface area contributed by atoms with Crippen LogP contribution in [0.4, 0.5) is 17.5 Å². The first-order chi connectivity index (χ1) is 13.1. The Morgan fingerprint density at radius 2 is 2.11 bits per heavy atom. The largest absolute Gasteiger partial charge is 0.391 e. The average molecular weight is 387 g/mol. The third-order valence-electron chi connectivity index (χ3n) is 4.94. The molecule has 0 unspecified atom stereocenters. The quantitative estimate of drug-likeness (QED) is 0.615. The number of imidazole rings is 1. The summed E-state index contributed by atoms with van der Waals surface area (Å²) in [5.74, 6) is 1.11. The lowest BCUT2D eigenvalue weighted by atomic mass is 9.93. The molecule has 8 heteroatoms. The number of aliphatic hydroxyl groups excluding tert-OH is 1. The van der Waals surface area contributed by atoms with Crippen LogP contribution >= 0.6 is 11.6 Å². The molecule has 1 saturated carbocycles. The van der Waals surface area contributed by atoms with Crippen molar-refractivity contribution in [3.63, 3.8) is 0 Å². The third kappa shape index (κ3) is 3.84. The molecular formula is C19H23ClN6O. The number of aromatic nitrogens is 4. The van der Waals surface area contributed by atoms with Gasteiger partial charge in [0.05, 0.1) is 18.5 Å². The van der Waals surface area contributed by atoms with Crippen LogP contribution < -0.4 is 10.6 Å². The Labute approximate surface area is 162 Å². The van der Waals surface area contributed by atoms with E-state index in [9.17, 15) is 5.11 Å². The second kappa shape index (κ2) is 7.70. The molecule has 3 N–H and O–H groups in total. The summed E-state index contributed by atoms with van der Waals surface area (Å²) in [6, 6.07) is 7.43. The Hall–Kier alpha value is -2.38. The second-order valence-electron chi connectivity index (χ2n) is 6.84. The summed E-state index contributed by atoms with van der Waals surface area (Å²) in [7, 11) is 0. The van der Waals surface area contributed by atoms with E-state index >= 15 is 0 Å². The van der Waals surface area contributed by atoms with Crippen LogP contribution in [0.15, 0.2) is 30.6 Å². The number of anilines is 3. The maximum atomic E-state index is 10.3. The minimum absolute atomic E-state index is 0.0341. The van der Waals surface area contributed by atoms with Gasteiger partial charge in [-0.3, -0.25) is 0 Å². The summed E-state index contributed by atoms with van der Waals surface area (Å²) >= 11 is 6.10. The van der Waals surface area contributed by atoms with Crippen molar-refractivity contribution in [2.45, 2.75) is 51.3 Å². The van der Waals surface area contributed by atoms with Gasteiger partial charge in [-0.15, -0.1) is 0 Å². The average Bonchev–Trinajstić information content (AvgIpc) is 3.07.